The van der Waals surface area contributed by atoms with E-state index in [1.54, 1.807) is 6.20 Å². The first kappa shape index (κ1) is 18.2. The van der Waals surface area contributed by atoms with Gasteiger partial charge in [-0.15, -0.1) is 0 Å². The molecule has 1 aromatic carbocycles. The lowest BCUT2D eigenvalue weighted by Crippen LogP contribution is -2.48. The molecule has 0 spiro atoms. The summed E-state index contributed by atoms with van der Waals surface area (Å²) in [6.07, 6.45) is 5.99. The van der Waals surface area contributed by atoms with Crippen molar-refractivity contribution in [2.45, 2.75) is 19.4 Å². The molecule has 3 aliphatic heterocycles. The Bertz CT molecular complexity index is 889. The topological polar surface area (TPSA) is 58.1 Å². The van der Waals surface area contributed by atoms with Crippen molar-refractivity contribution in [3.63, 3.8) is 0 Å². The van der Waals surface area contributed by atoms with E-state index in [2.05, 4.69) is 26.9 Å². The van der Waals surface area contributed by atoms with Gasteiger partial charge in [0.1, 0.15) is 0 Å². The number of hydrogen-bond donors (Lipinski definition) is 0. The van der Waals surface area contributed by atoms with Crippen LogP contribution in [0.25, 0.3) is 0 Å². The van der Waals surface area contributed by atoms with Crippen LogP contribution in [0.15, 0.2) is 36.7 Å². The number of carbonyl (C=O) groups excluding carboxylic acids is 1. The zero-order valence-corrected chi connectivity index (χ0v) is 16.5. The van der Waals surface area contributed by atoms with Crippen LogP contribution in [0.2, 0.25) is 0 Å². The summed E-state index contributed by atoms with van der Waals surface area (Å²) in [5.74, 6) is 1.72. The molecule has 0 saturated carbocycles. The van der Waals surface area contributed by atoms with Crippen molar-refractivity contribution in [2.75, 3.05) is 51.0 Å². The molecule has 0 bridgehead atoms. The third-order valence-corrected chi connectivity index (χ3v) is 5.94. The normalized spacial score (nSPS) is 19.0. The van der Waals surface area contributed by atoms with Crippen LogP contribution in [-0.4, -0.2) is 66.8 Å². The standard InChI is InChI=1S/C22H26N4O3/c27-22(18-12-19(14-23-13-18)25-5-1-2-6-25)26-9-7-24(8-10-26)15-17-3-4-20-21(11-17)29-16-28-20/h3-4,11-14H,1-2,5-10,15-16H2. The summed E-state index contributed by atoms with van der Waals surface area (Å²) in [4.78, 5) is 23.9. The van der Waals surface area contributed by atoms with Crippen LogP contribution < -0.4 is 14.4 Å². The van der Waals surface area contributed by atoms with Gasteiger partial charge in [0.25, 0.3) is 5.91 Å². The van der Waals surface area contributed by atoms with E-state index in [1.807, 2.05) is 23.2 Å². The first-order chi connectivity index (χ1) is 14.3. The molecule has 1 amide bonds. The van der Waals surface area contributed by atoms with Gasteiger partial charge in [0.05, 0.1) is 17.4 Å². The second-order valence-electron chi connectivity index (χ2n) is 7.88. The van der Waals surface area contributed by atoms with E-state index in [9.17, 15) is 4.79 Å². The smallest absolute Gasteiger partial charge is 0.255 e. The summed E-state index contributed by atoms with van der Waals surface area (Å²) < 4.78 is 10.8. The molecule has 0 aliphatic carbocycles. The summed E-state index contributed by atoms with van der Waals surface area (Å²) in [5, 5.41) is 0. The number of benzene rings is 1. The van der Waals surface area contributed by atoms with Crippen molar-refractivity contribution in [1.29, 1.82) is 0 Å². The van der Waals surface area contributed by atoms with Gasteiger partial charge in [-0.1, -0.05) is 6.07 Å². The fourth-order valence-corrected chi connectivity index (χ4v) is 4.28. The van der Waals surface area contributed by atoms with Crippen LogP contribution in [0.3, 0.4) is 0 Å². The predicted molar refractivity (Wildman–Crippen MR) is 109 cm³/mol. The number of fused-ring (bicyclic) bond motifs is 1. The number of anilines is 1. The summed E-state index contributed by atoms with van der Waals surface area (Å²) >= 11 is 0. The molecule has 7 heteroatoms. The van der Waals surface area contributed by atoms with Gasteiger partial charge in [-0.3, -0.25) is 14.7 Å². The molecule has 0 N–H and O–H groups in total. The molecule has 5 rings (SSSR count). The Kier molecular flexibility index (Phi) is 4.97. The Labute approximate surface area is 170 Å². The maximum atomic E-state index is 13.0. The first-order valence-electron chi connectivity index (χ1n) is 10.4. The molecule has 1 aromatic heterocycles. The lowest BCUT2D eigenvalue weighted by molar-refractivity contribution is 0.0628. The predicted octanol–water partition coefficient (Wildman–Crippen LogP) is 2.37. The van der Waals surface area contributed by atoms with Crippen molar-refractivity contribution in [2.24, 2.45) is 0 Å². The van der Waals surface area contributed by atoms with Gasteiger partial charge >= 0.3 is 0 Å². The highest BCUT2D eigenvalue weighted by Gasteiger charge is 2.24. The van der Waals surface area contributed by atoms with Gasteiger partial charge in [-0.05, 0) is 36.6 Å². The Hall–Kier alpha value is -2.80. The number of amides is 1. The quantitative estimate of drug-likeness (QED) is 0.794. The maximum Gasteiger partial charge on any atom is 0.255 e. The Morgan fingerprint density at radius 2 is 1.72 bits per heavy atom. The highest BCUT2D eigenvalue weighted by atomic mass is 16.7. The molecular formula is C22H26N4O3. The van der Waals surface area contributed by atoms with E-state index >= 15 is 0 Å². The zero-order chi connectivity index (χ0) is 19.6. The Balaban J connectivity index is 1.18. The number of piperazine rings is 1. The molecule has 7 nitrogen and oxygen atoms in total. The Morgan fingerprint density at radius 1 is 0.931 bits per heavy atom. The van der Waals surface area contributed by atoms with E-state index < -0.39 is 0 Å². The van der Waals surface area contributed by atoms with Gasteiger partial charge in [-0.2, -0.15) is 0 Å². The van der Waals surface area contributed by atoms with E-state index in [1.165, 1.54) is 18.4 Å². The summed E-state index contributed by atoms with van der Waals surface area (Å²) in [6.45, 7) is 6.45. The molecule has 4 heterocycles. The number of carbonyl (C=O) groups is 1. The van der Waals surface area contributed by atoms with E-state index in [0.717, 1.165) is 63.0 Å². The van der Waals surface area contributed by atoms with Gasteiger partial charge in [0, 0.05) is 52.0 Å². The molecule has 3 aliphatic rings. The molecule has 2 fully saturated rings. The maximum absolute atomic E-state index is 13.0. The molecular weight excluding hydrogens is 368 g/mol. The fraction of sp³-hybridized carbons (Fsp3) is 0.455. The third-order valence-electron chi connectivity index (χ3n) is 5.94. The lowest BCUT2D eigenvalue weighted by atomic mass is 10.1. The summed E-state index contributed by atoms with van der Waals surface area (Å²) in [6, 6.07) is 8.10. The number of rotatable bonds is 4. The minimum atomic E-state index is 0.0845. The number of pyridine rings is 1. The average molecular weight is 394 g/mol. The fourth-order valence-electron chi connectivity index (χ4n) is 4.28. The SMILES string of the molecule is O=C(c1cncc(N2CCCC2)c1)N1CCN(Cc2ccc3c(c2)OCO3)CC1. The van der Waals surface area contributed by atoms with Gasteiger partial charge < -0.3 is 19.3 Å². The van der Waals surface area contributed by atoms with E-state index in [-0.39, 0.29) is 5.91 Å². The molecule has 2 saturated heterocycles. The van der Waals surface area contributed by atoms with Crippen molar-refractivity contribution in [1.82, 2.24) is 14.8 Å². The molecule has 2 aromatic rings. The van der Waals surface area contributed by atoms with Crippen LogP contribution in [0.4, 0.5) is 5.69 Å². The summed E-state index contributed by atoms with van der Waals surface area (Å²) in [7, 11) is 0. The first-order valence-corrected chi connectivity index (χ1v) is 10.4. The van der Waals surface area contributed by atoms with Crippen LogP contribution in [-0.2, 0) is 6.54 Å². The van der Waals surface area contributed by atoms with Gasteiger partial charge in [0.2, 0.25) is 6.79 Å². The monoisotopic (exact) mass is 394 g/mol. The molecule has 0 unspecified atom stereocenters. The van der Waals surface area contributed by atoms with Crippen LogP contribution in [0.5, 0.6) is 11.5 Å². The number of hydrogen-bond acceptors (Lipinski definition) is 6. The average Bonchev–Trinajstić information content (AvgIpc) is 3.46. The van der Waals surface area contributed by atoms with Crippen molar-refractivity contribution < 1.29 is 14.3 Å². The van der Waals surface area contributed by atoms with Crippen molar-refractivity contribution in [3.8, 4) is 11.5 Å². The molecule has 29 heavy (non-hydrogen) atoms. The number of aromatic nitrogens is 1. The highest BCUT2D eigenvalue weighted by Crippen LogP contribution is 2.33. The largest absolute Gasteiger partial charge is 0.454 e. The third kappa shape index (κ3) is 3.87. The molecule has 0 atom stereocenters. The van der Waals surface area contributed by atoms with Crippen molar-refractivity contribution >= 4 is 11.6 Å². The minimum absolute atomic E-state index is 0.0845. The highest BCUT2D eigenvalue weighted by molar-refractivity contribution is 5.94. The second-order valence-corrected chi connectivity index (χ2v) is 7.88. The molecule has 0 radical (unpaired) electrons. The zero-order valence-electron chi connectivity index (χ0n) is 16.5. The summed E-state index contributed by atoms with van der Waals surface area (Å²) in [5.41, 5.74) is 2.96. The molecule has 152 valence electrons. The van der Waals surface area contributed by atoms with Gasteiger partial charge in [0.15, 0.2) is 11.5 Å². The number of ether oxygens (including phenoxy) is 2. The van der Waals surface area contributed by atoms with Crippen molar-refractivity contribution in [3.05, 3.63) is 47.8 Å². The Morgan fingerprint density at radius 3 is 2.55 bits per heavy atom. The number of nitrogens with zero attached hydrogens (tertiary/aromatic N) is 4. The lowest BCUT2D eigenvalue weighted by Gasteiger charge is -2.35. The van der Waals surface area contributed by atoms with Gasteiger partial charge in [-0.25, -0.2) is 0 Å². The minimum Gasteiger partial charge on any atom is -0.454 e. The van der Waals surface area contributed by atoms with Crippen LogP contribution in [0.1, 0.15) is 28.8 Å². The second kappa shape index (κ2) is 7.91. The van der Waals surface area contributed by atoms with Crippen LogP contribution in [0, 0.1) is 0 Å². The van der Waals surface area contributed by atoms with E-state index in [4.69, 9.17) is 9.47 Å². The van der Waals surface area contributed by atoms with Crippen LogP contribution >= 0.6 is 0 Å². The van der Waals surface area contributed by atoms with E-state index in [0.29, 0.717) is 12.4 Å².